The third-order valence-electron chi connectivity index (χ3n) is 2.25. The van der Waals surface area contributed by atoms with Gasteiger partial charge >= 0.3 is 6.09 Å². The summed E-state index contributed by atoms with van der Waals surface area (Å²) in [7, 11) is 0. The highest BCUT2D eigenvalue weighted by molar-refractivity contribution is 6.35. The van der Waals surface area contributed by atoms with Crippen molar-refractivity contribution in [1.29, 1.82) is 0 Å². The van der Waals surface area contributed by atoms with E-state index in [1.807, 2.05) is 0 Å². The van der Waals surface area contributed by atoms with Crippen molar-refractivity contribution in [3.05, 3.63) is 39.3 Å². The van der Waals surface area contributed by atoms with Gasteiger partial charge in [-0.3, -0.25) is 4.79 Å². The van der Waals surface area contributed by atoms with Gasteiger partial charge in [0, 0.05) is 5.39 Å². The first-order valence-electron chi connectivity index (χ1n) is 4.72. The number of nitrogens with one attached hydrogen (secondary N) is 2. The van der Waals surface area contributed by atoms with Gasteiger partial charge in [-0.15, -0.1) is 0 Å². The topological polar surface area (TPSA) is 95.1 Å². The standard InChI is InChI=1S/C10H8ClN3O3/c11-6-3-1-2-5-7(4-12-10(16)17)13-14-9(15)8(5)6/h1-3,12H,4H2,(H,14,15)(H,16,17). The monoisotopic (exact) mass is 253 g/mol. The fraction of sp³-hybridized carbons (Fsp3) is 0.100. The Kier molecular flexibility index (Phi) is 2.97. The van der Waals surface area contributed by atoms with Crippen LogP contribution in [-0.2, 0) is 6.54 Å². The van der Waals surface area contributed by atoms with E-state index in [0.717, 1.165) is 0 Å². The van der Waals surface area contributed by atoms with Crippen molar-refractivity contribution >= 4 is 28.5 Å². The number of aromatic amines is 1. The molecule has 88 valence electrons. The van der Waals surface area contributed by atoms with Crippen molar-refractivity contribution in [3.8, 4) is 0 Å². The largest absolute Gasteiger partial charge is 0.465 e. The summed E-state index contributed by atoms with van der Waals surface area (Å²) in [6, 6.07) is 4.94. The summed E-state index contributed by atoms with van der Waals surface area (Å²) in [6.45, 7) is 0.00293. The van der Waals surface area contributed by atoms with E-state index in [0.29, 0.717) is 21.5 Å². The molecule has 1 aromatic carbocycles. The number of nitrogens with zero attached hydrogens (tertiary/aromatic N) is 1. The van der Waals surface area contributed by atoms with Crippen LogP contribution in [0.3, 0.4) is 0 Å². The van der Waals surface area contributed by atoms with Crippen LogP contribution in [0, 0.1) is 0 Å². The first kappa shape index (κ1) is 11.4. The Balaban J connectivity index is 2.58. The van der Waals surface area contributed by atoms with Gasteiger partial charge < -0.3 is 10.4 Å². The third kappa shape index (κ3) is 2.21. The minimum atomic E-state index is -1.16. The third-order valence-corrected chi connectivity index (χ3v) is 2.57. The van der Waals surface area contributed by atoms with Crippen LogP contribution in [0.2, 0.25) is 5.02 Å². The van der Waals surface area contributed by atoms with Gasteiger partial charge in [0.2, 0.25) is 0 Å². The number of H-pyrrole nitrogens is 1. The van der Waals surface area contributed by atoms with Crippen LogP contribution in [0.15, 0.2) is 23.0 Å². The van der Waals surface area contributed by atoms with Crippen molar-refractivity contribution in [1.82, 2.24) is 15.5 Å². The minimum Gasteiger partial charge on any atom is -0.465 e. The van der Waals surface area contributed by atoms with Gasteiger partial charge in [0.15, 0.2) is 0 Å². The zero-order chi connectivity index (χ0) is 12.4. The van der Waals surface area contributed by atoms with Gasteiger partial charge in [-0.25, -0.2) is 9.89 Å². The van der Waals surface area contributed by atoms with E-state index in [-0.39, 0.29) is 6.54 Å². The van der Waals surface area contributed by atoms with Crippen LogP contribution in [0.4, 0.5) is 4.79 Å². The van der Waals surface area contributed by atoms with Crippen LogP contribution in [0.25, 0.3) is 10.8 Å². The summed E-state index contributed by atoms with van der Waals surface area (Å²) in [4.78, 5) is 22.0. The predicted molar refractivity (Wildman–Crippen MR) is 62.2 cm³/mol. The second kappa shape index (κ2) is 4.42. The molecule has 0 fully saturated rings. The van der Waals surface area contributed by atoms with Crippen molar-refractivity contribution < 1.29 is 9.90 Å². The quantitative estimate of drug-likeness (QED) is 0.753. The molecule has 0 spiro atoms. The van der Waals surface area contributed by atoms with Crippen molar-refractivity contribution in [2.24, 2.45) is 0 Å². The van der Waals surface area contributed by atoms with Gasteiger partial charge in [-0.2, -0.15) is 5.10 Å². The smallest absolute Gasteiger partial charge is 0.404 e. The fourth-order valence-electron chi connectivity index (χ4n) is 1.52. The lowest BCUT2D eigenvalue weighted by atomic mass is 10.1. The highest BCUT2D eigenvalue weighted by Gasteiger charge is 2.09. The molecule has 7 heteroatoms. The Labute approximate surface area is 100 Å². The van der Waals surface area contributed by atoms with Gasteiger partial charge in [0.25, 0.3) is 5.56 Å². The van der Waals surface area contributed by atoms with E-state index < -0.39 is 11.7 Å². The van der Waals surface area contributed by atoms with Crippen molar-refractivity contribution in [3.63, 3.8) is 0 Å². The molecule has 2 rings (SSSR count). The lowest BCUT2D eigenvalue weighted by Crippen LogP contribution is -2.22. The number of carboxylic acid groups (broad SMARTS) is 1. The van der Waals surface area contributed by atoms with Crippen LogP contribution >= 0.6 is 11.6 Å². The minimum absolute atomic E-state index is 0.00293. The molecule has 1 amide bonds. The zero-order valence-corrected chi connectivity index (χ0v) is 9.28. The Morgan fingerprint density at radius 1 is 1.53 bits per heavy atom. The normalized spacial score (nSPS) is 10.4. The first-order valence-corrected chi connectivity index (χ1v) is 5.10. The molecule has 0 radical (unpaired) electrons. The summed E-state index contributed by atoms with van der Waals surface area (Å²) >= 11 is 5.91. The molecule has 6 nitrogen and oxygen atoms in total. The first-order chi connectivity index (χ1) is 8.09. The average Bonchev–Trinajstić information content (AvgIpc) is 2.28. The number of halogens is 1. The molecule has 0 saturated heterocycles. The summed E-state index contributed by atoms with van der Waals surface area (Å²) in [5.41, 5.74) is 0.0224. The molecular weight excluding hydrogens is 246 g/mol. The van der Waals surface area contributed by atoms with Gasteiger partial charge in [0.1, 0.15) is 0 Å². The number of fused-ring (bicyclic) bond motifs is 1. The molecule has 1 aromatic heterocycles. The summed E-state index contributed by atoms with van der Waals surface area (Å²) in [5, 5.41) is 17.9. The number of aromatic nitrogens is 2. The maximum atomic E-state index is 11.6. The fourth-order valence-corrected chi connectivity index (χ4v) is 1.78. The second-order valence-corrected chi connectivity index (χ2v) is 3.73. The number of hydrogen-bond acceptors (Lipinski definition) is 3. The van der Waals surface area contributed by atoms with Crippen LogP contribution in [0.5, 0.6) is 0 Å². The van der Waals surface area contributed by atoms with Gasteiger partial charge in [-0.05, 0) is 6.07 Å². The van der Waals surface area contributed by atoms with Crippen LogP contribution < -0.4 is 10.9 Å². The maximum Gasteiger partial charge on any atom is 0.404 e. The highest BCUT2D eigenvalue weighted by Crippen LogP contribution is 2.21. The molecule has 0 aliphatic carbocycles. The van der Waals surface area contributed by atoms with Crippen molar-refractivity contribution in [2.75, 3.05) is 0 Å². The Bertz CT molecular complexity index is 638. The molecular formula is C10H8ClN3O3. The van der Waals surface area contributed by atoms with Gasteiger partial charge in [-0.1, -0.05) is 23.7 Å². The molecule has 17 heavy (non-hydrogen) atoms. The Morgan fingerprint density at radius 2 is 2.29 bits per heavy atom. The predicted octanol–water partition coefficient (Wildman–Crippen LogP) is 1.34. The molecule has 0 aliphatic heterocycles. The van der Waals surface area contributed by atoms with E-state index in [9.17, 15) is 9.59 Å². The number of benzene rings is 1. The SMILES string of the molecule is O=C(O)NCc1n[nH]c(=O)c2c(Cl)cccc12. The van der Waals surface area contributed by atoms with E-state index in [1.54, 1.807) is 18.2 Å². The Morgan fingerprint density at radius 3 is 3.00 bits per heavy atom. The number of rotatable bonds is 2. The van der Waals surface area contributed by atoms with Crippen LogP contribution in [0.1, 0.15) is 5.69 Å². The number of hydrogen-bond donors (Lipinski definition) is 3. The summed E-state index contributed by atoms with van der Waals surface area (Å²) in [6.07, 6.45) is -1.16. The molecule has 1 heterocycles. The zero-order valence-electron chi connectivity index (χ0n) is 8.53. The lowest BCUT2D eigenvalue weighted by molar-refractivity contribution is 0.194. The van der Waals surface area contributed by atoms with Crippen molar-refractivity contribution in [2.45, 2.75) is 6.54 Å². The molecule has 0 saturated carbocycles. The average molecular weight is 254 g/mol. The van der Waals surface area contributed by atoms with E-state index in [4.69, 9.17) is 16.7 Å². The number of amides is 1. The van der Waals surface area contributed by atoms with E-state index in [2.05, 4.69) is 15.5 Å². The molecule has 0 unspecified atom stereocenters. The van der Waals surface area contributed by atoms with Gasteiger partial charge in [0.05, 0.1) is 22.6 Å². The van der Waals surface area contributed by atoms with E-state index in [1.165, 1.54) is 0 Å². The molecule has 0 aliphatic rings. The summed E-state index contributed by atoms with van der Waals surface area (Å²) in [5.74, 6) is 0. The lowest BCUT2D eigenvalue weighted by Gasteiger charge is -2.05. The molecule has 0 bridgehead atoms. The second-order valence-electron chi connectivity index (χ2n) is 3.32. The number of carbonyl (C=O) groups is 1. The van der Waals surface area contributed by atoms with E-state index >= 15 is 0 Å². The molecule has 3 N–H and O–H groups in total. The summed E-state index contributed by atoms with van der Waals surface area (Å²) < 4.78 is 0. The van der Waals surface area contributed by atoms with Crippen LogP contribution in [-0.4, -0.2) is 21.4 Å². The molecule has 0 atom stereocenters. The Hall–Kier alpha value is -2.08. The highest BCUT2D eigenvalue weighted by atomic mass is 35.5. The molecule has 2 aromatic rings. The maximum absolute atomic E-state index is 11.6.